The van der Waals surface area contributed by atoms with Crippen LogP contribution in [0.1, 0.15) is 31.2 Å². The first-order valence-corrected chi connectivity index (χ1v) is 9.04. The fraction of sp³-hybridized carbons (Fsp3) is 0.550. The highest BCUT2D eigenvalue weighted by Crippen LogP contribution is 2.30. The molecule has 2 aliphatic rings. The molecule has 1 aromatic rings. The summed E-state index contributed by atoms with van der Waals surface area (Å²) < 4.78 is 17.0. The van der Waals surface area contributed by atoms with E-state index in [4.69, 9.17) is 14.2 Å². The zero-order chi connectivity index (χ0) is 17.6. The highest BCUT2D eigenvalue weighted by atomic mass is 16.5. The highest BCUT2D eigenvalue weighted by Gasteiger charge is 2.36. The SMILES string of the molecule is C=CCc1ccc(OCC(=O)N2CCO[C@H]3CCCC[C@H]32)c(OC)c1. The summed E-state index contributed by atoms with van der Waals surface area (Å²) in [5.74, 6) is 1.26. The van der Waals surface area contributed by atoms with Crippen molar-refractivity contribution in [2.75, 3.05) is 26.9 Å². The Balaban J connectivity index is 1.62. The van der Waals surface area contributed by atoms with E-state index in [1.807, 2.05) is 29.2 Å². The van der Waals surface area contributed by atoms with Gasteiger partial charge in [-0.05, 0) is 37.0 Å². The molecule has 1 saturated carbocycles. The molecular weight excluding hydrogens is 318 g/mol. The molecule has 0 aromatic heterocycles. The van der Waals surface area contributed by atoms with Crippen LogP contribution < -0.4 is 9.47 Å². The van der Waals surface area contributed by atoms with Crippen LogP contribution in [0.25, 0.3) is 0 Å². The molecule has 5 nitrogen and oxygen atoms in total. The van der Waals surface area contributed by atoms with Crippen molar-refractivity contribution in [1.82, 2.24) is 4.90 Å². The summed E-state index contributed by atoms with van der Waals surface area (Å²) in [4.78, 5) is 14.6. The van der Waals surface area contributed by atoms with E-state index in [0.29, 0.717) is 24.7 Å². The van der Waals surface area contributed by atoms with Crippen molar-refractivity contribution in [3.63, 3.8) is 0 Å². The lowest BCUT2D eigenvalue weighted by Gasteiger charge is -2.43. The Bertz CT molecular complexity index is 614. The van der Waals surface area contributed by atoms with Gasteiger partial charge in [-0.1, -0.05) is 25.0 Å². The summed E-state index contributed by atoms with van der Waals surface area (Å²) in [6.07, 6.45) is 7.23. The van der Waals surface area contributed by atoms with Crippen LogP contribution in [0.4, 0.5) is 0 Å². The molecule has 0 unspecified atom stereocenters. The van der Waals surface area contributed by atoms with Gasteiger partial charge >= 0.3 is 0 Å². The van der Waals surface area contributed by atoms with Crippen LogP contribution >= 0.6 is 0 Å². The maximum atomic E-state index is 12.7. The lowest BCUT2D eigenvalue weighted by molar-refractivity contribution is -0.151. The third-order valence-corrected chi connectivity index (χ3v) is 5.01. The maximum absolute atomic E-state index is 12.7. The topological polar surface area (TPSA) is 48.0 Å². The number of hydrogen-bond donors (Lipinski definition) is 0. The number of rotatable bonds is 6. The van der Waals surface area contributed by atoms with Gasteiger partial charge in [-0.25, -0.2) is 0 Å². The van der Waals surface area contributed by atoms with Gasteiger partial charge in [-0.15, -0.1) is 6.58 Å². The molecular formula is C20H27NO4. The molecule has 1 aliphatic heterocycles. The minimum Gasteiger partial charge on any atom is -0.493 e. The van der Waals surface area contributed by atoms with Gasteiger partial charge in [0, 0.05) is 6.54 Å². The molecule has 0 bridgehead atoms. The van der Waals surface area contributed by atoms with Gasteiger partial charge in [0.2, 0.25) is 0 Å². The number of carbonyl (C=O) groups excluding carboxylic acids is 1. The Labute approximate surface area is 149 Å². The van der Waals surface area contributed by atoms with Gasteiger partial charge in [-0.3, -0.25) is 4.79 Å². The second kappa shape index (κ2) is 8.39. The summed E-state index contributed by atoms with van der Waals surface area (Å²) in [5, 5.41) is 0. The van der Waals surface area contributed by atoms with Crippen molar-refractivity contribution in [2.24, 2.45) is 0 Å². The Morgan fingerprint density at radius 2 is 2.20 bits per heavy atom. The van der Waals surface area contributed by atoms with Crippen LogP contribution in [0, 0.1) is 0 Å². The summed E-state index contributed by atoms with van der Waals surface area (Å²) in [6.45, 7) is 5.04. The molecule has 2 fully saturated rings. The number of nitrogens with zero attached hydrogens (tertiary/aromatic N) is 1. The van der Waals surface area contributed by atoms with Crippen LogP contribution in [0.5, 0.6) is 11.5 Å². The van der Waals surface area contributed by atoms with Crippen molar-refractivity contribution in [3.05, 3.63) is 36.4 Å². The third-order valence-electron chi connectivity index (χ3n) is 5.01. The molecule has 5 heteroatoms. The van der Waals surface area contributed by atoms with E-state index < -0.39 is 0 Å². The maximum Gasteiger partial charge on any atom is 0.260 e. The molecule has 136 valence electrons. The van der Waals surface area contributed by atoms with Crippen molar-refractivity contribution in [1.29, 1.82) is 0 Å². The van der Waals surface area contributed by atoms with Crippen molar-refractivity contribution in [3.8, 4) is 11.5 Å². The first-order valence-electron chi connectivity index (χ1n) is 9.04. The van der Waals surface area contributed by atoms with E-state index in [-0.39, 0.29) is 24.7 Å². The third kappa shape index (κ3) is 4.15. The van der Waals surface area contributed by atoms with E-state index >= 15 is 0 Å². The van der Waals surface area contributed by atoms with Gasteiger partial charge in [0.15, 0.2) is 18.1 Å². The molecule has 25 heavy (non-hydrogen) atoms. The number of ether oxygens (including phenoxy) is 3. The molecule has 0 spiro atoms. The monoisotopic (exact) mass is 345 g/mol. The molecule has 0 N–H and O–H groups in total. The van der Waals surface area contributed by atoms with Crippen LogP contribution in [0.3, 0.4) is 0 Å². The van der Waals surface area contributed by atoms with E-state index in [0.717, 1.165) is 31.2 Å². The van der Waals surface area contributed by atoms with Gasteiger partial charge in [0.1, 0.15) is 0 Å². The lowest BCUT2D eigenvalue weighted by Crippen LogP contribution is -2.55. The second-order valence-corrected chi connectivity index (χ2v) is 6.61. The first kappa shape index (κ1) is 17.8. The number of morpholine rings is 1. The molecule has 0 radical (unpaired) electrons. The summed E-state index contributed by atoms with van der Waals surface area (Å²) in [5.41, 5.74) is 1.10. The number of amides is 1. The quantitative estimate of drug-likeness (QED) is 0.744. The second-order valence-electron chi connectivity index (χ2n) is 6.61. The zero-order valence-electron chi connectivity index (χ0n) is 14.9. The van der Waals surface area contributed by atoms with Crippen LogP contribution in [-0.2, 0) is 16.0 Å². The fourth-order valence-corrected chi connectivity index (χ4v) is 3.75. The van der Waals surface area contributed by atoms with Crippen LogP contribution in [0.15, 0.2) is 30.9 Å². The Morgan fingerprint density at radius 1 is 1.36 bits per heavy atom. The smallest absolute Gasteiger partial charge is 0.260 e. The van der Waals surface area contributed by atoms with Gasteiger partial charge in [-0.2, -0.15) is 0 Å². The largest absolute Gasteiger partial charge is 0.493 e. The summed E-state index contributed by atoms with van der Waals surface area (Å²) >= 11 is 0. The van der Waals surface area contributed by atoms with Crippen LogP contribution in [0.2, 0.25) is 0 Å². The van der Waals surface area contributed by atoms with E-state index in [1.54, 1.807) is 7.11 Å². The molecule has 1 saturated heterocycles. The molecule has 1 aromatic carbocycles. The number of fused-ring (bicyclic) bond motifs is 1. The van der Waals surface area contributed by atoms with Crippen molar-refractivity contribution >= 4 is 5.91 Å². The highest BCUT2D eigenvalue weighted by molar-refractivity contribution is 5.78. The number of carbonyl (C=O) groups is 1. The van der Waals surface area contributed by atoms with Crippen molar-refractivity contribution in [2.45, 2.75) is 44.2 Å². The van der Waals surface area contributed by atoms with Gasteiger partial charge in [0.05, 0.1) is 25.9 Å². The summed E-state index contributed by atoms with van der Waals surface area (Å²) in [6, 6.07) is 5.95. The molecule has 1 amide bonds. The average Bonchev–Trinajstić information content (AvgIpc) is 2.66. The number of benzene rings is 1. The predicted molar refractivity (Wildman–Crippen MR) is 96.1 cm³/mol. The van der Waals surface area contributed by atoms with Gasteiger partial charge < -0.3 is 19.1 Å². The number of allylic oxidation sites excluding steroid dienone is 1. The standard InChI is InChI=1S/C20H27NO4/c1-3-6-15-9-10-18(19(13-15)23-2)25-14-20(22)21-11-12-24-17-8-5-4-7-16(17)21/h3,9-10,13,16-17H,1,4-8,11-12,14H2,2H3/t16-,17+/m1/s1. The average molecular weight is 345 g/mol. The zero-order valence-corrected chi connectivity index (χ0v) is 14.9. The van der Waals surface area contributed by atoms with Gasteiger partial charge in [0.25, 0.3) is 5.91 Å². The Morgan fingerprint density at radius 3 is 3.00 bits per heavy atom. The van der Waals surface area contributed by atoms with E-state index in [1.165, 1.54) is 6.42 Å². The molecule has 2 atom stereocenters. The first-order chi connectivity index (χ1) is 12.2. The minimum atomic E-state index is 0.0254. The molecule has 1 aliphatic carbocycles. The normalized spacial score (nSPS) is 22.8. The Kier molecular flexibility index (Phi) is 5.97. The van der Waals surface area contributed by atoms with Crippen molar-refractivity contribution < 1.29 is 19.0 Å². The number of methoxy groups -OCH3 is 1. The number of hydrogen-bond acceptors (Lipinski definition) is 4. The Hall–Kier alpha value is -2.01. The van der Waals surface area contributed by atoms with E-state index in [9.17, 15) is 4.79 Å². The summed E-state index contributed by atoms with van der Waals surface area (Å²) in [7, 11) is 1.61. The minimum absolute atomic E-state index is 0.0254. The van der Waals surface area contributed by atoms with Crippen LogP contribution in [-0.4, -0.2) is 49.8 Å². The molecule has 1 heterocycles. The lowest BCUT2D eigenvalue weighted by atomic mass is 9.90. The van der Waals surface area contributed by atoms with E-state index in [2.05, 4.69) is 6.58 Å². The fourth-order valence-electron chi connectivity index (χ4n) is 3.75. The predicted octanol–water partition coefficient (Wildman–Crippen LogP) is 2.97. The molecule has 3 rings (SSSR count).